The summed E-state index contributed by atoms with van der Waals surface area (Å²) in [4.78, 5) is 7.18. The molecular weight excluding hydrogens is 332 g/mol. The lowest BCUT2D eigenvalue weighted by Crippen LogP contribution is -2.48. The van der Waals surface area contributed by atoms with Crippen LogP contribution in [-0.2, 0) is 6.54 Å². The Morgan fingerprint density at radius 1 is 1.40 bits per heavy atom. The Hall–Kier alpha value is -2.02. The molecule has 0 unspecified atom stereocenters. The van der Waals surface area contributed by atoms with Gasteiger partial charge >= 0.3 is 0 Å². The van der Waals surface area contributed by atoms with Crippen LogP contribution >= 0.6 is 11.3 Å². The number of anilines is 1. The third kappa shape index (κ3) is 5.22. The molecule has 0 saturated carbocycles. The molecule has 0 radical (unpaired) electrons. The number of hydrogen-bond donors (Lipinski definition) is 2. The number of piperidine rings is 1. The summed E-state index contributed by atoms with van der Waals surface area (Å²) in [5.41, 5.74) is 1.19. The van der Waals surface area contributed by atoms with Gasteiger partial charge in [-0.15, -0.1) is 11.3 Å². The van der Waals surface area contributed by atoms with E-state index >= 15 is 0 Å². The highest BCUT2D eigenvalue weighted by Crippen LogP contribution is 2.24. The van der Waals surface area contributed by atoms with Gasteiger partial charge in [0.25, 0.3) is 0 Å². The van der Waals surface area contributed by atoms with Crippen LogP contribution in [0.25, 0.3) is 0 Å². The van der Waals surface area contributed by atoms with Crippen molar-refractivity contribution in [3.63, 3.8) is 0 Å². The Kier molecular flexibility index (Phi) is 6.33. The second-order valence-electron chi connectivity index (χ2n) is 6.40. The second-order valence-corrected chi connectivity index (χ2v) is 7.32. The predicted octanol–water partition coefficient (Wildman–Crippen LogP) is 2.48. The highest BCUT2D eigenvalue weighted by Gasteiger charge is 2.20. The largest absolute Gasteiger partial charge is 0.363 e. The van der Waals surface area contributed by atoms with E-state index in [2.05, 4.69) is 58.2 Å². The van der Waals surface area contributed by atoms with Gasteiger partial charge in [0.1, 0.15) is 0 Å². The number of thiophene rings is 1. The Labute approximate surface area is 153 Å². The summed E-state index contributed by atoms with van der Waals surface area (Å²) < 4.78 is 1.95. The van der Waals surface area contributed by atoms with Gasteiger partial charge in [0.05, 0.1) is 24.3 Å². The number of hydrogen-bond acceptors (Lipinski definition) is 4. The summed E-state index contributed by atoms with van der Waals surface area (Å²) in [7, 11) is 0. The van der Waals surface area contributed by atoms with E-state index in [0.29, 0.717) is 6.04 Å². The topological polar surface area (TPSA) is 57.5 Å². The first kappa shape index (κ1) is 17.8. The van der Waals surface area contributed by atoms with Gasteiger partial charge in [-0.3, -0.25) is 9.67 Å². The van der Waals surface area contributed by atoms with Crippen molar-refractivity contribution >= 4 is 22.3 Å². The average molecular weight is 361 g/mol. The summed E-state index contributed by atoms with van der Waals surface area (Å²) in [6.07, 6.45) is 6.21. The highest BCUT2D eigenvalue weighted by molar-refractivity contribution is 7.14. The normalized spacial score (nSPS) is 16.2. The van der Waals surface area contributed by atoms with Gasteiger partial charge in [-0.25, -0.2) is 0 Å². The van der Waals surface area contributed by atoms with Crippen molar-refractivity contribution in [1.29, 1.82) is 0 Å². The molecule has 1 saturated heterocycles. The maximum Gasteiger partial charge on any atom is 0.191 e. The van der Waals surface area contributed by atoms with Gasteiger partial charge in [0.15, 0.2) is 5.96 Å². The first-order valence-corrected chi connectivity index (χ1v) is 9.95. The molecule has 0 spiro atoms. The molecule has 0 aliphatic carbocycles. The van der Waals surface area contributed by atoms with E-state index in [9.17, 15) is 0 Å². The van der Waals surface area contributed by atoms with E-state index in [-0.39, 0.29) is 0 Å². The maximum atomic E-state index is 4.70. The minimum atomic E-state index is 0.487. The summed E-state index contributed by atoms with van der Waals surface area (Å²) >= 11 is 1.82. The molecule has 0 amide bonds. The fourth-order valence-electron chi connectivity index (χ4n) is 3.06. The lowest BCUT2D eigenvalue weighted by atomic mass is 10.1. The molecule has 136 valence electrons. The Bertz CT molecular complexity index is 655. The van der Waals surface area contributed by atoms with Crippen molar-refractivity contribution in [2.75, 3.05) is 31.1 Å². The zero-order valence-corrected chi connectivity index (χ0v) is 15.9. The number of rotatable bonds is 6. The number of nitrogens with zero attached hydrogens (tertiary/aromatic N) is 4. The zero-order chi connectivity index (χ0) is 17.5. The summed E-state index contributed by atoms with van der Waals surface area (Å²) in [6.45, 7) is 8.77. The van der Waals surface area contributed by atoms with Crippen LogP contribution in [-0.4, -0.2) is 48.0 Å². The molecule has 2 aromatic heterocycles. The van der Waals surface area contributed by atoms with E-state index in [1.54, 1.807) is 0 Å². The van der Waals surface area contributed by atoms with Crippen LogP contribution in [0, 0.1) is 6.92 Å². The Morgan fingerprint density at radius 2 is 2.24 bits per heavy atom. The monoisotopic (exact) mass is 360 g/mol. The molecule has 0 bridgehead atoms. The molecule has 7 heteroatoms. The van der Waals surface area contributed by atoms with Gasteiger partial charge in [-0.05, 0) is 49.8 Å². The van der Waals surface area contributed by atoms with E-state index in [1.165, 1.54) is 10.6 Å². The first-order valence-electron chi connectivity index (χ1n) is 9.07. The lowest BCUT2D eigenvalue weighted by molar-refractivity contribution is 0.462. The molecule has 0 aromatic carbocycles. The molecule has 1 aliphatic heterocycles. The van der Waals surface area contributed by atoms with Crippen LogP contribution < -0.4 is 15.5 Å². The zero-order valence-electron chi connectivity index (χ0n) is 15.1. The quantitative estimate of drug-likeness (QED) is 0.614. The van der Waals surface area contributed by atoms with Crippen molar-refractivity contribution in [3.05, 3.63) is 35.5 Å². The summed E-state index contributed by atoms with van der Waals surface area (Å²) in [5.74, 6) is 0.918. The van der Waals surface area contributed by atoms with Crippen LogP contribution in [0.4, 0.5) is 5.00 Å². The third-order valence-electron chi connectivity index (χ3n) is 4.36. The lowest BCUT2D eigenvalue weighted by Gasteiger charge is -2.33. The number of aryl methyl sites for hydroxylation is 1. The van der Waals surface area contributed by atoms with E-state index in [0.717, 1.165) is 51.5 Å². The van der Waals surface area contributed by atoms with Gasteiger partial charge in [-0.1, -0.05) is 0 Å². The number of nitrogens with one attached hydrogen (secondary N) is 2. The summed E-state index contributed by atoms with van der Waals surface area (Å²) in [6, 6.07) is 4.82. The van der Waals surface area contributed by atoms with Crippen molar-refractivity contribution in [2.24, 2.45) is 4.99 Å². The van der Waals surface area contributed by atoms with Crippen molar-refractivity contribution in [3.8, 4) is 0 Å². The highest BCUT2D eigenvalue weighted by atomic mass is 32.1. The van der Waals surface area contributed by atoms with Crippen LogP contribution in [0.15, 0.2) is 34.9 Å². The Morgan fingerprint density at radius 3 is 2.88 bits per heavy atom. The minimum Gasteiger partial charge on any atom is -0.363 e. The second kappa shape index (κ2) is 8.89. The molecule has 3 heterocycles. The molecule has 1 fully saturated rings. The average Bonchev–Trinajstić information content (AvgIpc) is 3.28. The Balaban J connectivity index is 1.47. The standard InChI is InChI=1S/C18H28N6S/c1-3-19-18(20-8-11-24-14-15(2)13-21-24)22-16-6-9-23(10-7-16)17-5-4-12-25-17/h4-5,12-14,16H,3,6-11H2,1-2H3,(H2,19,20,22). The predicted molar refractivity (Wildman–Crippen MR) is 106 cm³/mol. The molecular formula is C18H28N6S. The van der Waals surface area contributed by atoms with Crippen LogP contribution in [0.3, 0.4) is 0 Å². The van der Waals surface area contributed by atoms with E-state index in [1.807, 2.05) is 22.2 Å². The molecule has 3 rings (SSSR count). The first-order chi connectivity index (χ1) is 12.2. The molecule has 2 N–H and O–H groups in total. The fraction of sp³-hybridized carbons (Fsp3) is 0.556. The maximum absolute atomic E-state index is 4.70. The van der Waals surface area contributed by atoms with E-state index in [4.69, 9.17) is 4.99 Å². The van der Waals surface area contributed by atoms with Crippen molar-refractivity contribution in [1.82, 2.24) is 20.4 Å². The molecule has 25 heavy (non-hydrogen) atoms. The van der Waals surface area contributed by atoms with Gasteiger partial charge in [0.2, 0.25) is 0 Å². The number of guanidine groups is 1. The number of aliphatic imine (C=N–C) groups is 1. The van der Waals surface area contributed by atoms with Crippen LogP contribution in [0.5, 0.6) is 0 Å². The smallest absolute Gasteiger partial charge is 0.191 e. The number of aromatic nitrogens is 2. The molecule has 0 atom stereocenters. The van der Waals surface area contributed by atoms with Crippen LogP contribution in [0.1, 0.15) is 25.3 Å². The van der Waals surface area contributed by atoms with E-state index < -0.39 is 0 Å². The van der Waals surface area contributed by atoms with Gasteiger partial charge < -0.3 is 15.5 Å². The van der Waals surface area contributed by atoms with Gasteiger partial charge in [-0.2, -0.15) is 5.10 Å². The minimum absolute atomic E-state index is 0.487. The third-order valence-corrected chi connectivity index (χ3v) is 5.29. The molecule has 2 aromatic rings. The molecule has 6 nitrogen and oxygen atoms in total. The SMILES string of the molecule is CCNC(=NCCn1cc(C)cn1)NC1CCN(c2cccs2)CC1. The summed E-state index contributed by atoms with van der Waals surface area (Å²) in [5, 5.41) is 14.8. The fourth-order valence-corrected chi connectivity index (χ4v) is 3.85. The van der Waals surface area contributed by atoms with Crippen molar-refractivity contribution < 1.29 is 0 Å². The molecule has 1 aliphatic rings. The van der Waals surface area contributed by atoms with Crippen LogP contribution in [0.2, 0.25) is 0 Å². The van der Waals surface area contributed by atoms with Crippen molar-refractivity contribution in [2.45, 2.75) is 39.3 Å². The van der Waals surface area contributed by atoms with Gasteiger partial charge in [0, 0.05) is 31.9 Å².